The molecule has 5 nitrogen and oxygen atoms in total. The number of aromatic nitrogens is 1. The summed E-state index contributed by atoms with van der Waals surface area (Å²) in [4.78, 5) is 21.0. The van der Waals surface area contributed by atoms with Crippen LogP contribution in [0.2, 0.25) is 0 Å². The number of thiazole rings is 1. The third-order valence-corrected chi connectivity index (χ3v) is 4.58. The van der Waals surface area contributed by atoms with Gasteiger partial charge in [0, 0.05) is 5.69 Å². The van der Waals surface area contributed by atoms with E-state index in [4.69, 9.17) is 11.6 Å². The molecule has 1 amide bonds. The van der Waals surface area contributed by atoms with Crippen molar-refractivity contribution in [1.29, 1.82) is 0 Å². The van der Waals surface area contributed by atoms with Gasteiger partial charge in [0.15, 0.2) is 0 Å². The maximum Gasteiger partial charge on any atom is 0.267 e. The number of hydrogen-bond donors (Lipinski definition) is 2. The topological polar surface area (TPSA) is 66.4 Å². The molecule has 0 aliphatic carbocycles. The molecule has 0 bridgehead atoms. The highest BCUT2D eigenvalue weighted by Gasteiger charge is 2.11. The molecule has 7 heteroatoms. The van der Waals surface area contributed by atoms with E-state index in [1.54, 1.807) is 17.8 Å². The monoisotopic (exact) mass is 384 g/mol. The zero-order valence-corrected chi connectivity index (χ0v) is 15.6. The number of aliphatic imine (C=N–C) groups is 1. The van der Waals surface area contributed by atoms with Gasteiger partial charge in [-0.15, -0.1) is 11.3 Å². The Kier molecular flexibility index (Phi) is 5.99. The van der Waals surface area contributed by atoms with E-state index in [1.165, 1.54) is 11.3 Å². The van der Waals surface area contributed by atoms with Crippen LogP contribution in [0.25, 0.3) is 0 Å². The summed E-state index contributed by atoms with van der Waals surface area (Å²) >= 11 is 7.35. The van der Waals surface area contributed by atoms with Crippen LogP contribution in [-0.4, -0.2) is 16.1 Å². The highest BCUT2D eigenvalue weighted by Crippen LogP contribution is 2.20. The molecule has 1 aliphatic rings. The number of amides is 1. The maximum absolute atomic E-state index is 12.2. The molecule has 0 saturated carbocycles. The van der Waals surface area contributed by atoms with Gasteiger partial charge in [-0.05, 0) is 36.8 Å². The number of anilines is 1. The van der Waals surface area contributed by atoms with Crippen LogP contribution in [0.4, 0.5) is 5.69 Å². The third kappa shape index (κ3) is 4.91. The van der Waals surface area contributed by atoms with E-state index in [-0.39, 0.29) is 11.9 Å². The molecule has 0 spiro atoms. The second-order valence-corrected chi connectivity index (χ2v) is 6.82. The van der Waals surface area contributed by atoms with Gasteiger partial charge in [0.2, 0.25) is 0 Å². The number of rotatable bonds is 5. The number of halogens is 1. The second-order valence-electron chi connectivity index (χ2n) is 5.54. The van der Waals surface area contributed by atoms with Crippen LogP contribution < -0.4 is 10.6 Å². The summed E-state index contributed by atoms with van der Waals surface area (Å²) in [5.41, 5.74) is 3.38. The lowest BCUT2D eigenvalue weighted by Gasteiger charge is -2.17. The Bertz CT molecular complexity index is 900. The number of hydrogen-bond acceptors (Lipinski definition) is 5. The molecule has 3 rings (SSSR count). The zero-order valence-electron chi connectivity index (χ0n) is 14.0. The molecular weight excluding hydrogens is 368 g/mol. The van der Waals surface area contributed by atoms with Crippen molar-refractivity contribution in [2.24, 2.45) is 4.99 Å². The third-order valence-electron chi connectivity index (χ3n) is 3.60. The first kappa shape index (κ1) is 18.1. The Morgan fingerprint density at radius 2 is 2.15 bits per heavy atom. The van der Waals surface area contributed by atoms with Gasteiger partial charge in [-0.1, -0.05) is 42.0 Å². The van der Waals surface area contributed by atoms with E-state index in [2.05, 4.69) is 20.6 Å². The lowest BCUT2D eigenvalue weighted by Crippen LogP contribution is -2.18. The zero-order chi connectivity index (χ0) is 18.4. The molecule has 1 aromatic carbocycles. The summed E-state index contributed by atoms with van der Waals surface area (Å²) in [6, 6.07) is 7.66. The van der Waals surface area contributed by atoms with E-state index in [0.717, 1.165) is 11.3 Å². The van der Waals surface area contributed by atoms with Crippen molar-refractivity contribution in [3.8, 4) is 0 Å². The van der Waals surface area contributed by atoms with Crippen LogP contribution in [0.15, 0.2) is 77.2 Å². The van der Waals surface area contributed by atoms with Crippen LogP contribution in [0.1, 0.15) is 28.2 Å². The van der Waals surface area contributed by atoms with Crippen LogP contribution in [-0.2, 0) is 0 Å². The maximum atomic E-state index is 12.2. The standard InChI is InChI=1S/C19H17ClN4OS/c1-13(22-18-9-4-2-3-8-17(20)24-18)14-6-5-7-15(10-14)23-19(25)16-11-21-12-26-16/h2-13H,1H3,(H,22,24)(H,23,25)/t13-/m0/s1. The molecule has 0 saturated heterocycles. The molecule has 1 aliphatic heterocycles. The summed E-state index contributed by atoms with van der Waals surface area (Å²) in [6.07, 6.45) is 10.8. The van der Waals surface area contributed by atoms with Crippen molar-refractivity contribution >= 4 is 39.7 Å². The molecule has 1 atom stereocenters. The average molecular weight is 385 g/mol. The van der Waals surface area contributed by atoms with Crippen LogP contribution in [0, 0.1) is 0 Å². The number of nitrogens with zero attached hydrogens (tertiary/aromatic N) is 2. The summed E-state index contributed by atoms with van der Waals surface area (Å²) in [5, 5.41) is 6.62. The van der Waals surface area contributed by atoms with E-state index >= 15 is 0 Å². The average Bonchev–Trinajstić information content (AvgIpc) is 3.14. The summed E-state index contributed by atoms with van der Waals surface area (Å²) in [7, 11) is 0. The lowest BCUT2D eigenvalue weighted by molar-refractivity contribution is 0.103. The number of carbonyl (C=O) groups is 1. The van der Waals surface area contributed by atoms with Gasteiger partial charge in [-0.2, -0.15) is 0 Å². The Morgan fingerprint density at radius 3 is 2.96 bits per heavy atom. The molecule has 26 heavy (non-hydrogen) atoms. The quantitative estimate of drug-likeness (QED) is 0.788. The number of nitrogens with one attached hydrogen (secondary N) is 2. The Balaban J connectivity index is 1.71. The van der Waals surface area contributed by atoms with E-state index in [0.29, 0.717) is 15.9 Å². The second kappa shape index (κ2) is 8.60. The number of allylic oxidation sites excluding steroid dienone is 5. The molecular formula is C19H17ClN4OS. The minimum atomic E-state index is -0.165. The van der Waals surface area contributed by atoms with Gasteiger partial charge in [-0.3, -0.25) is 9.78 Å². The Morgan fingerprint density at radius 1 is 1.27 bits per heavy atom. The fourth-order valence-corrected chi connectivity index (χ4v) is 3.01. The highest BCUT2D eigenvalue weighted by atomic mass is 35.5. The van der Waals surface area contributed by atoms with Crippen molar-refractivity contribution in [2.45, 2.75) is 13.0 Å². The lowest BCUT2D eigenvalue weighted by atomic mass is 10.1. The van der Waals surface area contributed by atoms with Gasteiger partial charge in [0.1, 0.15) is 15.9 Å². The van der Waals surface area contributed by atoms with Gasteiger partial charge in [0.25, 0.3) is 5.91 Å². The van der Waals surface area contributed by atoms with Crippen molar-refractivity contribution in [3.63, 3.8) is 0 Å². The van der Waals surface area contributed by atoms with Crippen LogP contribution >= 0.6 is 22.9 Å². The largest absolute Gasteiger partial charge is 0.364 e. The van der Waals surface area contributed by atoms with Crippen molar-refractivity contribution in [2.75, 3.05) is 5.32 Å². The van der Waals surface area contributed by atoms with Crippen LogP contribution in [0.3, 0.4) is 0 Å². The Labute approximate surface area is 160 Å². The van der Waals surface area contributed by atoms with Gasteiger partial charge < -0.3 is 10.6 Å². The molecule has 0 radical (unpaired) electrons. The molecule has 132 valence electrons. The Hall–Kier alpha value is -2.70. The predicted octanol–water partition coefficient (Wildman–Crippen LogP) is 4.65. The first-order valence-electron chi connectivity index (χ1n) is 7.97. The SMILES string of the molecule is C[C@H](NC1=C/C=C/C=C/C(Cl)=N\1)c1cccc(NC(=O)c2cncs2)c1. The van der Waals surface area contributed by atoms with E-state index < -0.39 is 0 Å². The van der Waals surface area contributed by atoms with Crippen LogP contribution in [0.5, 0.6) is 0 Å². The molecule has 0 fully saturated rings. The van der Waals surface area contributed by atoms with Crippen molar-refractivity contribution in [3.05, 3.63) is 82.6 Å². The van der Waals surface area contributed by atoms with Gasteiger partial charge >= 0.3 is 0 Å². The molecule has 1 aromatic heterocycles. The predicted molar refractivity (Wildman–Crippen MR) is 108 cm³/mol. The number of benzene rings is 1. The highest BCUT2D eigenvalue weighted by molar-refractivity contribution is 7.11. The molecule has 0 unspecified atom stereocenters. The van der Waals surface area contributed by atoms with Gasteiger partial charge in [0.05, 0.1) is 17.7 Å². The van der Waals surface area contributed by atoms with E-state index in [9.17, 15) is 4.79 Å². The minimum absolute atomic E-state index is 0.0217. The first-order valence-corrected chi connectivity index (χ1v) is 9.23. The van der Waals surface area contributed by atoms with Crippen molar-refractivity contribution < 1.29 is 4.79 Å². The number of carbonyl (C=O) groups excluding carboxylic acids is 1. The normalized spacial score (nSPS) is 21.2. The molecule has 2 heterocycles. The molecule has 2 N–H and O–H groups in total. The van der Waals surface area contributed by atoms with Crippen molar-refractivity contribution in [1.82, 2.24) is 10.3 Å². The van der Waals surface area contributed by atoms with Gasteiger partial charge in [-0.25, -0.2) is 4.99 Å². The summed E-state index contributed by atoms with van der Waals surface area (Å²) in [6.45, 7) is 2.02. The summed E-state index contributed by atoms with van der Waals surface area (Å²) < 4.78 is 0. The first-order chi connectivity index (χ1) is 12.6. The molecule has 2 aromatic rings. The smallest absolute Gasteiger partial charge is 0.267 e. The fraction of sp³-hybridized carbons (Fsp3) is 0.105. The van der Waals surface area contributed by atoms with E-state index in [1.807, 2.05) is 55.5 Å². The fourth-order valence-electron chi connectivity index (χ4n) is 2.33. The summed E-state index contributed by atoms with van der Waals surface area (Å²) in [5.74, 6) is 0.503. The minimum Gasteiger partial charge on any atom is -0.364 e.